The third-order valence-corrected chi connectivity index (χ3v) is 4.47. The summed E-state index contributed by atoms with van der Waals surface area (Å²) in [5, 5.41) is 3.60. The summed E-state index contributed by atoms with van der Waals surface area (Å²) in [6, 6.07) is 4.46. The van der Waals surface area contributed by atoms with Gasteiger partial charge in [-0.3, -0.25) is 9.78 Å². The summed E-state index contributed by atoms with van der Waals surface area (Å²) < 4.78 is 0. The molecule has 108 valence electrons. The van der Waals surface area contributed by atoms with Crippen molar-refractivity contribution in [2.24, 2.45) is 0 Å². The van der Waals surface area contributed by atoms with E-state index in [-0.39, 0.29) is 10.6 Å². The molecular formula is C14H14ClN5O. The Kier molecular flexibility index (Phi) is 2.94. The van der Waals surface area contributed by atoms with Gasteiger partial charge in [-0.15, -0.1) is 0 Å². The van der Waals surface area contributed by atoms with Gasteiger partial charge in [0, 0.05) is 43.1 Å². The number of rotatable bonds is 2. The first-order chi connectivity index (χ1) is 10.2. The lowest BCUT2D eigenvalue weighted by Gasteiger charge is -2.29. The highest BCUT2D eigenvalue weighted by Crippen LogP contribution is 2.32. The lowest BCUT2D eigenvalue weighted by Crippen LogP contribution is -2.44. The van der Waals surface area contributed by atoms with Crippen molar-refractivity contribution < 1.29 is 0 Å². The van der Waals surface area contributed by atoms with Crippen LogP contribution in [0.5, 0.6) is 0 Å². The molecule has 2 aliphatic heterocycles. The Bertz CT molecular complexity index is 732. The zero-order valence-corrected chi connectivity index (χ0v) is 12.0. The van der Waals surface area contributed by atoms with E-state index in [4.69, 9.17) is 11.6 Å². The highest BCUT2D eigenvalue weighted by molar-refractivity contribution is 6.32. The van der Waals surface area contributed by atoms with Gasteiger partial charge in [0.05, 0.1) is 0 Å². The molecule has 0 spiro atoms. The predicted molar refractivity (Wildman–Crippen MR) is 80.6 cm³/mol. The molecule has 2 aromatic rings. The van der Waals surface area contributed by atoms with Crippen molar-refractivity contribution >= 4 is 17.4 Å². The van der Waals surface area contributed by atoms with E-state index in [0.29, 0.717) is 23.7 Å². The van der Waals surface area contributed by atoms with Crippen LogP contribution in [0, 0.1) is 0 Å². The molecule has 7 heteroatoms. The van der Waals surface area contributed by atoms with Crippen molar-refractivity contribution in [3.05, 3.63) is 39.9 Å². The number of H-pyrrole nitrogens is 1. The standard InChI is InChI=1S/C14H14ClN5O/c15-11-13(20-7-9-5-10(20)6-17-9)18-12(19-14(11)21)8-1-3-16-4-2-8/h1-4,9-10,17H,5-7H2,(H,18,19,21)/t9-,10-/m0/s1. The van der Waals surface area contributed by atoms with Crippen LogP contribution in [0.4, 0.5) is 5.82 Å². The summed E-state index contributed by atoms with van der Waals surface area (Å²) in [4.78, 5) is 25.5. The average Bonchev–Trinajstić information content (AvgIpc) is 3.13. The second-order valence-corrected chi connectivity index (χ2v) is 5.81. The number of halogens is 1. The Morgan fingerprint density at radius 2 is 2.14 bits per heavy atom. The van der Waals surface area contributed by atoms with Gasteiger partial charge in [-0.05, 0) is 18.6 Å². The number of anilines is 1. The SMILES string of the molecule is O=c1[nH]c(-c2ccncc2)nc(N2C[C@@H]3C[C@H]2CN3)c1Cl. The van der Waals surface area contributed by atoms with Crippen LogP contribution in [0.25, 0.3) is 11.4 Å². The molecule has 2 saturated heterocycles. The van der Waals surface area contributed by atoms with Crippen LogP contribution >= 0.6 is 11.6 Å². The van der Waals surface area contributed by atoms with E-state index in [1.54, 1.807) is 12.4 Å². The molecule has 2 aromatic heterocycles. The zero-order chi connectivity index (χ0) is 14.4. The number of piperazine rings is 1. The molecule has 0 aromatic carbocycles. The monoisotopic (exact) mass is 303 g/mol. The molecular weight excluding hydrogens is 290 g/mol. The Morgan fingerprint density at radius 3 is 2.81 bits per heavy atom. The van der Waals surface area contributed by atoms with E-state index in [2.05, 4.69) is 25.2 Å². The molecule has 0 aliphatic carbocycles. The Labute approximate surface area is 126 Å². The van der Waals surface area contributed by atoms with E-state index < -0.39 is 0 Å². The predicted octanol–water partition coefficient (Wildman–Crippen LogP) is 1.04. The van der Waals surface area contributed by atoms with Gasteiger partial charge in [-0.25, -0.2) is 4.98 Å². The van der Waals surface area contributed by atoms with Crippen molar-refractivity contribution in [1.82, 2.24) is 20.3 Å². The third-order valence-electron chi connectivity index (χ3n) is 4.13. The topological polar surface area (TPSA) is 73.9 Å². The molecule has 2 aliphatic rings. The summed E-state index contributed by atoms with van der Waals surface area (Å²) in [6.45, 7) is 1.76. The fraction of sp³-hybridized carbons (Fsp3) is 0.357. The Hall–Kier alpha value is -1.92. The summed E-state index contributed by atoms with van der Waals surface area (Å²) in [5.41, 5.74) is 0.520. The van der Waals surface area contributed by atoms with Crippen molar-refractivity contribution in [1.29, 1.82) is 0 Å². The second-order valence-electron chi connectivity index (χ2n) is 5.44. The molecule has 4 heterocycles. The van der Waals surface area contributed by atoms with Crippen LogP contribution in [0.3, 0.4) is 0 Å². The van der Waals surface area contributed by atoms with Gasteiger partial charge >= 0.3 is 0 Å². The Morgan fingerprint density at radius 1 is 1.33 bits per heavy atom. The quantitative estimate of drug-likeness (QED) is 0.867. The average molecular weight is 304 g/mol. The second kappa shape index (κ2) is 4.82. The molecule has 0 unspecified atom stereocenters. The van der Waals surface area contributed by atoms with Gasteiger partial charge in [0.25, 0.3) is 5.56 Å². The number of aromatic amines is 1. The molecule has 2 fully saturated rings. The molecule has 0 amide bonds. The third kappa shape index (κ3) is 2.11. The van der Waals surface area contributed by atoms with Gasteiger partial charge in [0.15, 0.2) is 5.82 Å². The van der Waals surface area contributed by atoms with Crippen LogP contribution < -0.4 is 15.8 Å². The van der Waals surface area contributed by atoms with E-state index in [1.807, 2.05) is 12.1 Å². The maximum atomic E-state index is 12.1. The highest BCUT2D eigenvalue weighted by Gasteiger charge is 2.39. The smallest absolute Gasteiger partial charge is 0.272 e. The van der Waals surface area contributed by atoms with E-state index in [1.165, 1.54) is 0 Å². The molecule has 2 N–H and O–H groups in total. The molecule has 2 bridgehead atoms. The maximum absolute atomic E-state index is 12.1. The van der Waals surface area contributed by atoms with Crippen molar-refractivity contribution in [3.8, 4) is 11.4 Å². The largest absolute Gasteiger partial charge is 0.349 e. The van der Waals surface area contributed by atoms with Crippen molar-refractivity contribution in [3.63, 3.8) is 0 Å². The minimum absolute atomic E-state index is 0.167. The number of pyridine rings is 1. The number of aromatic nitrogens is 3. The first kappa shape index (κ1) is 12.8. The minimum Gasteiger partial charge on any atom is -0.349 e. The minimum atomic E-state index is -0.302. The number of hydrogen-bond acceptors (Lipinski definition) is 5. The molecule has 4 rings (SSSR count). The first-order valence-corrected chi connectivity index (χ1v) is 7.30. The summed E-state index contributed by atoms with van der Waals surface area (Å²) in [5.74, 6) is 1.11. The fourth-order valence-corrected chi connectivity index (χ4v) is 3.30. The van der Waals surface area contributed by atoms with E-state index in [9.17, 15) is 4.79 Å². The van der Waals surface area contributed by atoms with E-state index >= 15 is 0 Å². The van der Waals surface area contributed by atoms with Crippen LogP contribution in [0.15, 0.2) is 29.3 Å². The zero-order valence-electron chi connectivity index (χ0n) is 11.2. The van der Waals surface area contributed by atoms with Gasteiger partial charge in [0.1, 0.15) is 10.8 Å². The van der Waals surface area contributed by atoms with Crippen LogP contribution in [0.2, 0.25) is 5.02 Å². The summed E-state index contributed by atoms with van der Waals surface area (Å²) >= 11 is 6.19. The maximum Gasteiger partial charge on any atom is 0.272 e. The fourth-order valence-electron chi connectivity index (χ4n) is 3.10. The van der Waals surface area contributed by atoms with Crippen LogP contribution in [0.1, 0.15) is 6.42 Å². The number of nitrogens with zero attached hydrogens (tertiary/aromatic N) is 3. The lowest BCUT2D eigenvalue weighted by molar-refractivity contribution is 0.576. The van der Waals surface area contributed by atoms with Crippen molar-refractivity contribution in [2.45, 2.75) is 18.5 Å². The molecule has 0 saturated carbocycles. The van der Waals surface area contributed by atoms with Gasteiger partial charge in [-0.1, -0.05) is 11.6 Å². The van der Waals surface area contributed by atoms with Crippen LogP contribution in [-0.4, -0.2) is 40.1 Å². The number of fused-ring (bicyclic) bond motifs is 2. The lowest BCUT2D eigenvalue weighted by atomic mass is 10.2. The van der Waals surface area contributed by atoms with Gasteiger partial charge < -0.3 is 15.2 Å². The normalized spacial score (nSPS) is 23.8. The molecule has 6 nitrogen and oxygen atoms in total. The molecule has 2 atom stereocenters. The number of nitrogens with one attached hydrogen (secondary N) is 2. The number of hydrogen-bond donors (Lipinski definition) is 2. The Balaban J connectivity index is 1.80. The molecule has 21 heavy (non-hydrogen) atoms. The summed E-state index contributed by atoms with van der Waals surface area (Å²) in [7, 11) is 0. The van der Waals surface area contributed by atoms with Crippen LogP contribution in [-0.2, 0) is 0 Å². The first-order valence-electron chi connectivity index (χ1n) is 6.92. The van der Waals surface area contributed by atoms with E-state index in [0.717, 1.165) is 25.1 Å². The highest BCUT2D eigenvalue weighted by atomic mass is 35.5. The van der Waals surface area contributed by atoms with Crippen molar-refractivity contribution in [2.75, 3.05) is 18.0 Å². The molecule has 0 radical (unpaired) electrons. The summed E-state index contributed by atoms with van der Waals surface area (Å²) in [6.07, 6.45) is 4.42. The van der Waals surface area contributed by atoms with Gasteiger partial charge in [0.2, 0.25) is 0 Å². The van der Waals surface area contributed by atoms with Gasteiger partial charge in [-0.2, -0.15) is 0 Å².